The van der Waals surface area contributed by atoms with Crippen molar-refractivity contribution in [1.29, 1.82) is 0 Å². The third-order valence-electron chi connectivity index (χ3n) is 2.70. The minimum Gasteiger partial charge on any atom is -0.462 e. The summed E-state index contributed by atoms with van der Waals surface area (Å²) in [5.41, 5.74) is 5.55. The highest BCUT2D eigenvalue weighted by atomic mass is 32.1. The van der Waals surface area contributed by atoms with Gasteiger partial charge in [-0.05, 0) is 26.8 Å². The molecule has 0 radical (unpaired) electrons. The molecule has 0 aromatic carbocycles. The van der Waals surface area contributed by atoms with Crippen LogP contribution < -0.4 is 11.1 Å². The normalized spacial score (nSPS) is 12.0. The first-order valence-electron chi connectivity index (χ1n) is 6.61. The lowest BCUT2D eigenvalue weighted by Crippen LogP contribution is -2.11. The standard InChI is InChI=1S/C13H16FN5O2S/c1-4-21-11(20)10-8(14)5-9(22-10)6(2)16-13-18-7(3)17-12(15)19-13/h5-6H,4H2,1-3H3,(H3,15,16,17,18,19). The van der Waals surface area contributed by atoms with Crippen LogP contribution in [0.2, 0.25) is 0 Å². The van der Waals surface area contributed by atoms with Crippen molar-refractivity contribution in [3.05, 3.63) is 27.5 Å². The van der Waals surface area contributed by atoms with Crippen molar-refractivity contribution < 1.29 is 13.9 Å². The molecule has 0 aliphatic carbocycles. The van der Waals surface area contributed by atoms with Crippen LogP contribution in [0.1, 0.15) is 40.3 Å². The first kappa shape index (κ1) is 16.1. The topological polar surface area (TPSA) is 103 Å². The predicted molar refractivity (Wildman–Crippen MR) is 81.2 cm³/mol. The molecule has 2 rings (SSSR count). The number of aryl methyl sites for hydroxylation is 1. The number of esters is 1. The van der Waals surface area contributed by atoms with E-state index in [0.29, 0.717) is 16.6 Å². The Morgan fingerprint density at radius 3 is 2.86 bits per heavy atom. The van der Waals surface area contributed by atoms with E-state index in [1.54, 1.807) is 20.8 Å². The first-order chi connectivity index (χ1) is 10.4. The van der Waals surface area contributed by atoms with E-state index in [4.69, 9.17) is 10.5 Å². The fraction of sp³-hybridized carbons (Fsp3) is 0.385. The lowest BCUT2D eigenvalue weighted by Gasteiger charge is -2.12. The summed E-state index contributed by atoms with van der Waals surface area (Å²) in [5.74, 6) is -0.385. The van der Waals surface area contributed by atoms with Crippen molar-refractivity contribution in [1.82, 2.24) is 15.0 Å². The summed E-state index contributed by atoms with van der Waals surface area (Å²) in [6.45, 7) is 5.36. The van der Waals surface area contributed by atoms with E-state index in [1.165, 1.54) is 6.07 Å². The molecule has 2 aromatic heterocycles. The molecule has 0 bridgehead atoms. The van der Waals surface area contributed by atoms with Gasteiger partial charge in [0.2, 0.25) is 11.9 Å². The number of carbonyl (C=O) groups excluding carboxylic acids is 1. The molecule has 9 heteroatoms. The van der Waals surface area contributed by atoms with Crippen molar-refractivity contribution in [3.8, 4) is 0 Å². The molecular weight excluding hydrogens is 309 g/mol. The SMILES string of the molecule is CCOC(=O)c1sc(C(C)Nc2nc(C)nc(N)n2)cc1F. The third kappa shape index (κ3) is 3.67. The molecule has 0 aliphatic rings. The Morgan fingerprint density at radius 1 is 1.50 bits per heavy atom. The van der Waals surface area contributed by atoms with Crippen LogP contribution in [-0.4, -0.2) is 27.5 Å². The van der Waals surface area contributed by atoms with Crippen LogP contribution in [0.4, 0.5) is 16.3 Å². The number of nitrogens with two attached hydrogens (primary N) is 1. The van der Waals surface area contributed by atoms with E-state index in [0.717, 1.165) is 11.3 Å². The number of nitrogens with one attached hydrogen (secondary N) is 1. The number of anilines is 2. The summed E-state index contributed by atoms with van der Waals surface area (Å²) in [4.78, 5) is 24.1. The molecule has 1 unspecified atom stereocenters. The zero-order chi connectivity index (χ0) is 16.3. The van der Waals surface area contributed by atoms with Gasteiger partial charge in [-0.15, -0.1) is 11.3 Å². The van der Waals surface area contributed by atoms with E-state index >= 15 is 0 Å². The summed E-state index contributed by atoms with van der Waals surface area (Å²) in [7, 11) is 0. The molecule has 118 valence electrons. The highest BCUT2D eigenvalue weighted by Gasteiger charge is 2.20. The largest absolute Gasteiger partial charge is 0.462 e. The van der Waals surface area contributed by atoms with Crippen molar-refractivity contribution in [3.63, 3.8) is 0 Å². The lowest BCUT2D eigenvalue weighted by molar-refractivity contribution is 0.0527. The summed E-state index contributed by atoms with van der Waals surface area (Å²) >= 11 is 1.03. The molecular formula is C13H16FN5O2S. The van der Waals surface area contributed by atoms with Crippen LogP contribution in [0.15, 0.2) is 6.07 Å². The Bertz CT molecular complexity index is 671. The molecule has 1 atom stereocenters. The van der Waals surface area contributed by atoms with E-state index in [1.807, 2.05) is 0 Å². The summed E-state index contributed by atoms with van der Waals surface area (Å²) in [5, 5.41) is 3.00. The van der Waals surface area contributed by atoms with Crippen LogP contribution in [-0.2, 0) is 4.74 Å². The second-order valence-electron chi connectivity index (χ2n) is 4.48. The van der Waals surface area contributed by atoms with Crippen LogP contribution in [0.3, 0.4) is 0 Å². The highest BCUT2D eigenvalue weighted by molar-refractivity contribution is 7.14. The second-order valence-corrected chi connectivity index (χ2v) is 5.56. The fourth-order valence-electron chi connectivity index (χ4n) is 1.77. The van der Waals surface area contributed by atoms with E-state index in [-0.39, 0.29) is 23.5 Å². The van der Waals surface area contributed by atoms with Crippen molar-refractivity contribution in [2.75, 3.05) is 17.7 Å². The number of hydrogen-bond acceptors (Lipinski definition) is 8. The number of nitrogen functional groups attached to an aromatic ring is 1. The lowest BCUT2D eigenvalue weighted by atomic mass is 10.2. The maximum atomic E-state index is 13.8. The van der Waals surface area contributed by atoms with Gasteiger partial charge in [-0.1, -0.05) is 0 Å². The zero-order valence-electron chi connectivity index (χ0n) is 12.4. The van der Waals surface area contributed by atoms with Crippen LogP contribution in [0.5, 0.6) is 0 Å². The zero-order valence-corrected chi connectivity index (χ0v) is 13.2. The fourth-order valence-corrected chi connectivity index (χ4v) is 2.70. The number of aromatic nitrogens is 3. The molecule has 0 amide bonds. The van der Waals surface area contributed by atoms with Gasteiger partial charge in [0, 0.05) is 4.88 Å². The van der Waals surface area contributed by atoms with Gasteiger partial charge in [0.1, 0.15) is 16.5 Å². The summed E-state index contributed by atoms with van der Waals surface area (Å²) < 4.78 is 18.6. The number of carbonyl (C=O) groups is 1. The molecule has 3 N–H and O–H groups in total. The van der Waals surface area contributed by atoms with Crippen molar-refractivity contribution in [2.45, 2.75) is 26.8 Å². The minimum atomic E-state index is -0.663. The second kappa shape index (κ2) is 6.65. The Morgan fingerprint density at radius 2 is 2.23 bits per heavy atom. The molecule has 2 aromatic rings. The predicted octanol–water partition coefficient (Wildman–Crippen LogP) is 2.31. The number of halogens is 1. The highest BCUT2D eigenvalue weighted by Crippen LogP contribution is 2.28. The van der Waals surface area contributed by atoms with E-state index in [9.17, 15) is 9.18 Å². The minimum absolute atomic E-state index is 0.0446. The van der Waals surface area contributed by atoms with Gasteiger partial charge in [0.15, 0.2) is 0 Å². The van der Waals surface area contributed by atoms with Gasteiger partial charge in [0.25, 0.3) is 0 Å². The Kier molecular flexibility index (Phi) is 4.86. The van der Waals surface area contributed by atoms with Crippen LogP contribution in [0, 0.1) is 12.7 Å². The molecule has 2 heterocycles. The number of rotatable bonds is 5. The van der Waals surface area contributed by atoms with E-state index < -0.39 is 11.8 Å². The molecule has 22 heavy (non-hydrogen) atoms. The van der Waals surface area contributed by atoms with E-state index in [2.05, 4.69) is 20.3 Å². The quantitative estimate of drug-likeness (QED) is 0.813. The Balaban J connectivity index is 2.17. The molecule has 0 aliphatic heterocycles. The number of hydrogen-bond donors (Lipinski definition) is 2. The monoisotopic (exact) mass is 325 g/mol. The number of ether oxygens (including phenoxy) is 1. The molecule has 7 nitrogen and oxygen atoms in total. The van der Waals surface area contributed by atoms with Crippen LogP contribution >= 0.6 is 11.3 Å². The van der Waals surface area contributed by atoms with Gasteiger partial charge in [-0.25, -0.2) is 9.18 Å². The van der Waals surface area contributed by atoms with Gasteiger partial charge in [-0.3, -0.25) is 0 Å². The smallest absolute Gasteiger partial charge is 0.351 e. The third-order valence-corrected chi connectivity index (χ3v) is 3.98. The Labute approximate surface area is 130 Å². The molecule has 0 spiro atoms. The Hall–Kier alpha value is -2.29. The maximum Gasteiger partial charge on any atom is 0.351 e. The molecule has 0 fully saturated rings. The maximum absolute atomic E-state index is 13.8. The van der Waals surface area contributed by atoms with Gasteiger partial charge >= 0.3 is 5.97 Å². The van der Waals surface area contributed by atoms with Crippen molar-refractivity contribution in [2.24, 2.45) is 0 Å². The number of thiophene rings is 1. The molecule has 0 saturated carbocycles. The summed E-state index contributed by atoms with van der Waals surface area (Å²) in [6.07, 6.45) is 0. The number of nitrogens with zero attached hydrogens (tertiary/aromatic N) is 3. The van der Waals surface area contributed by atoms with Gasteiger partial charge in [-0.2, -0.15) is 15.0 Å². The average molecular weight is 325 g/mol. The first-order valence-corrected chi connectivity index (χ1v) is 7.43. The average Bonchev–Trinajstić information content (AvgIpc) is 2.80. The summed E-state index contributed by atoms with van der Waals surface area (Å²) in [6, 6.07) is 0.996. The van der Waals surface area contributed by atoms with Crippen LogP contribution in [0.25, 0.3) is 0 Å². The van der Waals surface area contributed by atoms with Crippen molar-refractivity contribution >= 4 is 29.2 Å². The van der Waals surface area contributed by atoms with Gasteiger partial charge in [0.05, 0.1) is 12.6 Å². The van der Waals surface area contributed by atoms with Gasteiger partial charge < -0.3 is 15.8 Å². The molecule has 0 saturated heterocycles.